The summed E-state index contributed by atoms with van der Waals surface area (Å²) >= 11 is 0. The number of amidine groups is 2. The first kappa shape index (κ1) is 59.0. The molecule has 0 aromatic carbocycles. The first-order valence-corrected chi connectivity index (χ1v) is 31.6. The zero-order valence-corrected chi connectivity index (χ0v) is 51.7. The second-order valence-corrected chi connectivity index (χ2v) is 32.7. The van der Waals surface area contributed by atoms with Gasteiger partial charge in [0.25, 0.3) is 0 Å². The van der Waals surface area contributed by atoms with Crippen LogP contribution in [0.3, 0.4) is 0 Å². The van der Waals surface area contributed by atoms with Gasteiger partial charge in [0.1, 0.15) is 11.7 Å². The Morgan fingerprint density at radius 1 is 0.438 bits per heavy atom. The summed E-state index contributed by atoms with van der Waals surface area (Å²) in [5.41, 5.74) is 5.51. The molecule has 0 aromatic rings. The van der Waals surface area contributed by atoms with Crippen molar-refractivity contribution in [2.24, 2.45) is 88.9 Å². The van der Waals surface area contributed by atoms with E-state index in [1.165, 1.54) is 172 Å². The van der Waals surface area contributed by atoms with E-state index in [2.05, 4.69) is 150 Å². The van der Waals surface area contributed by atoms with Crippen LogP contribution in [-0.4, -0.2) is 95.5 Å². The summed E-state index contributed by atoms with van der Waals surface area (Å²) in [6.45, 7) is 49.2. The molecule has 0 amide bonds. The third kappa shape index (κ3) is 16.0. The van der Waals surface area contributed by atoms with Crippen LogP contribution >= 0.6 is 0 Å². The maximum atomic E-state index is 4.84. The summed E-state index contributed by atoms with van der Waals surface area (Å²) in [4.78, 5) is 21.9. The van der Waals surface area contributed by atoms with E-state index < -0.39 is 0 Å². The van der Waals surface area contributed by atoms with Crippen molar-refractivity contribution in [2.45, 2.75) is 284 Å². The van der Waals surface area contributed by atoms with Crippen molar-refractivity contribution in [2.75, 3.05) is 39.3 Å². The van der Waals surface area contributed by atoms with Gasteiger partial charge < -0.3 is 9.80 Å². The van der Waals surface area contributed by atoms with Crippen LogP contribution in [0.15, 0.2) is 26.6 Å². The number of piperidine rings is 4. The Morgan fingerprint density at radius 2 is 1.00 bits per heavy atom. The van der Waals surface area contributed by atoms with Gasteiger partial charge in [0, 0.05) is 47.8 Å². The lowest BCUT2D eigenvalue weighted by molar-refractivity contribution is -0.00701. The fraction of sp³-hybridized carbons (Fsp3) is 0.925. The molecule has 6 heteroatoms. The van der Waals surface area contributed by atoms with E-state index in [0.717, 1.165) is 72.6 Å². The molecule has 6 bridgehead atoms. The van der Waals surface area contributed by atoms with E-state index in [-0.39, 0.29) is 10.8 Å². The lowest BCUT2D eigenvalue weighted by atomic mass is 9.69. The van der Waals surface area contributed by atoms with Crippen molar-refractivity contribution < 1.29 is 0 Å². The van der Waals surface area contributed by atoms with Crippen LogP contribution in [0.1, 0.15) is 259 Å². The van der Waals surface area contributed by atoms with Gasteiger partial charge in [-0.25, -0.2) is 0 Å². The van der Waals surface area contributed by atoms with Crippen molar-refractivity contribution in [1.29, 1.82) is 0 Å². The normalized spacial score (nSPS) is 35.2. The molecule has 0 N–H and O–H groups in total. The summed E-state index contributed by atoms with van der Waals surface area (Å²) in [6, 6.07) is 3.06. The van der Waals surface area contributed by atoms with Gasteiger partial charge in [0.05, 0.1) is 19.1 Å². The fourth-order valence-electron chi connectivity index (χ4n) is 15.9. The quantitative estimate of drug-likeness (QED) is 0.227. The molecule has 9 atom stereocenters. The van der Waals surface area contributed by atoms with E-state index in [1.54, 1.807) is 12.0 Å². The number of rotatable bonds is 0. The van der Waals surface area contributed by atoms with Gasteiger partial charge in [-0.1, -0.05) is 156 Å². The molecule has 9 fully saturated rings. The van der Waals surface area contributed by atoms with Gasteiger partial charge in [-0.15, -0.1) is 0 Å². The lowest BCUT2D eigenvalue weighted by Gasteiger charge is -2.50. The van der Waals surface area contributed by atoms with Gasteiger partial charge in [-0.3, -0.25) is 19.9 Å². The van der Waals surface area contributed by atoms with E-state index in [4.69, 9.17) is 9.98 Å². The third-order valence-electron chi connectivity index (χ3n) is 20.3. The zero-order chi connectivity index (χ0) is 53.3. The van der Waals surface area contributed by atoms with Crippen LogP contribution < -0.4 is 0 Å². The van der Waals surface area contributed by atoms with Gasteiger partial charge >= 0.3 is 0 Å². The Labute approximate surface area is 453 Å². The van der Waals surface area contributed by atoms with Crippen molar-refractivity contribution in [3.05, 3.63) is 11.6 Å². The molecule has 9 unspecified atom stereocenters. The molecule has 13 rings (SSSR count). The molecule has 13 aliphatic rings. The summed E-state index contributed by atoms with van der Waals surface area (Å²) in [7, 11) is 0. The van der Waals surface area contributed by atoms with Crippen molar-refractivity contribution in [1.82, 2.24) is 14.7 Å². The number of hydrogen-bond acceptors (Lipinski definition) is 6. The molecule has 8 heterocycles. The van der Waals surface area contributed by atoms with Crippen LogP contribution in [0.25, 0.3) is 0 Å². The lowest BCUT2D eigenvalue weighted by Crippen LogP contribution is -2.53. The van der Waals surface area contributed by atoms with Gasteiger partial charge in [0.15, 0.2) is 0 Å². The molecule has 0 radical (unpaired) electrons. The predicted molar refractivity (Wildman–Crippen MR) is 318 cm³/mol. The number of nitrogens with zero attached hydrogens (tertiary/aromatic N) is 6. The summed E-state index contributed by atoms with van der Waals surface area (Å²) in [6.07, 6.45) is 32.8. The molecule has 418 valence electrons. The SMILES string of the molecule is CC(C)(C)C1=CC2CCC(C1)C2.CC(C)(C)C1=NC2CCCC2C1.CC(C)(C)C1=NCC2CCCCN12.CC(C)(C)C1=NCC2CCCN12.CC(C)(C)C1CC2CCC(C2)C1.CC(C)(C)C1CC2CCN1CC2. The standard InChI is InChI=1S/C12H22.C12H20.C11H20N2.C11H21N.C11H19N.C10H18N2/c2*1-12(2,3)11-7-9-4-5-10(6-9)8-11;1-11(2,3)10-12-8-9-6-4-5-7-13(9)10;1-11(2,3)10-8-9-4-6-12(10)7-5-9;1-11(2,3)10-7-8-5-4-6-9(8)12-10;1-10(2,3)9-11-7-8-5-4-6-12(8)9/h9-11H,4-8H2,1-3H3;7,9-10H,4-6,8H2,1-3H3;9H,4-8H2,1-3H3;9-10H,4-8H2,1-3H3;8-9H,4-7H2,1-3H3;8H,4-7H2,1-3H3. The number of hydrogen-bond donors (Lipinski definition) is 0. The van der Waals surface area contributed by atoms with E-state index in [9.17, 15) is 0 Å². The fourth-order valence-corrected chi connectivity index (χ4v) is 15.9. The monoisotopic (exact) mass is 1010 g/mol. The Hall–Kier alpha value is -1.69. The van der Waals surface area contributed by atoms with Crippen LogP contribution in [0.4, 0.5) is 0 Å². The highest BCUT2D eigenvalue weighted by molar-refractivity contribution is 5.91. The molecule has 6 nitrogen and oxygen atoms in total. The average Bonchev–Trinajstić information content (AvgIpc) is 4.17. The van der Waals surface area contributed by atoms with Crippen molar-refractivity contribution >= 4 is 17.4 Å². The Kier molecular flexibility index (Phi) is 19.2. The summed E-state index contributed by atoms with van der Waals surface area (Å²) < 4.78 is 0. The Balaban J connectivity index is 0.000000128. The molecule has 4 saturated carbocycles. The topological polar surface area (TPSA) is 46.8 Å². The molecular formula is C67H120N6. The number of aliphatic imine (C=N–C) groups is 3. The highest BCUT2D eigenvalue weighted by Crippen LogP contribution is 2.50. The largest absolute Gasteiger partial charge is 0.355 e. The van der Waals surface area contributed by atoms with E-state index in [1.807, 2.05) is 0 Å². The maximum absolute atomic E-state index is 4.84. The van der Waals surface area contributed by atoms with Crippen LogP contribution in [0.2, 0.25) is 0 Å². The highest BCUT2D eigenvalue weighted by Gasteiger charge is 2.42. The van der Waals surface area contributed by atoms with Gasteiger partial charge in [0.2, 0.25) is 0 Å². The minimum Gasteiger partial charge on any atom is -0.355 e. The second-order valence-electron chi connectivity index (χ2n) is 32.7. The Bertz CT molecular complexity index is 1870. The first-order valence-electron chi connectivity index (χ1n) is 31.6. The highest BCUT2D eigenvalue weighted by atomic mass is 15.3. The minimum absolute atomic E-state index is 0.242. The van der Waals surface area contributed by atoms with Gasteiger partial charge in [-0.05, 0) is 192 Å². The van der Waals surface area contributed by atoms with Crippen LogP contribution in [0, 0.1) is 73.9 Å². The third-order valence-corrected chi connectivity index (χ3v) is 20.3. The van der Waals surface area contributed by atoms with E-state index >= 15 is 0 Å². The van der Waals surface area contributed by atoms with E-state index in [0.29, 0.717) is 27.7 Å². The molecule has 5 aliphatic carbocycles. The van der Waals surface area contributed by atoms with Crippen molar-refractivity contribution in [3.63, 3.8) is 0 Å². The molecular weight excluding hydrogens is 889 g/mol. The summed E-state index contributed by atoms with van der Waals surface area (Å²) in [5, 5.41) is 0. The van der Waals surface area contributed by atoms with Gasteiger partial charge in [-0.2, -0.15) is 0 Å². The van der Waals surface area contributed by atoms with Crippen LogP contribution in [-0.2, 0) is 0 Å². The smallest absolute Gasteiger partial charge is 0.105 e. The second kappa shape index (κ2) is 23.7. The van der Waals surface area contributed by atoms with Crippen molar-refractivity contribution in [3.8, 4) is 0 Å². The maximum Gasteiger partial charge on any atom is 0.105 e. The van der Waals surface area contributed by atoms with Crippen LogP contribution in [0.5, 0.6) is 0 Å². The Morgan fingerprint density at radius 3 is 1.47 bits per heavy atom. The zero-order valence-electron chi connectivity index (χ0n) is 51.7. The summed E-state index contributed by atoms with van der Waals surface area (Å²) in [5.74, 6) is 9.86. The molecule has 5 saturated heterocycles. The molecule has 73 heavy (non-hydrogen) atoms. The minimum atomic E-state index is 0.242. The first-order chi connectivity index (χ1) is 33.9. The number of fused-ring (bicyclic) bond motifs is 10. The predicted octanol–water partition coefficient (Wildman–Crippen LogP) is 17.4. The average molecular weight is 1010 g/mol. The molecule has 0 aromatic heterocycles. The number of allylic oxidation sites excluding steroid dienone is 2. The molecule has 8 aliphatic heterocycles. The molecule has 0 spiro atoms.